The lowest BCUT2D eigenvalue weighted by Crippen LogP contribution is -2.48. The van der Waals surface area contributed by atoms with Crippen molar-refractivity contribution in [2.24, 2.45) is 0 Å². The molecular weight excluding hydrogens is 360 g/mol. The molecule has 2 aromatic carbocycles. The summed E-state index contributed by atoms with van der Waals surface area (Å²) in [5.41, 5.74) is 5.17. The maximum Gasteiger partial charge on any atom is 0.317 e. The Kier molecular flexibility index (Phi) is 7.15. The maximum absolute atomic E-state index is 12.6. The zero-order chi connectivity index (χ0) is 20.8. The Balaban J connectivity index is 1.50. The highest BCUT2D eigenvalue weighted by Gasteiger charge is 2.23. The fourth-order valence-corrected chi connectivity index (χ4v) is 3.95. The Morgan fingerprint density at radius 2 is 1.76 bits per heavy atom. The molecule has 0 aliphatic carbocycles. The lowest BCUT2D eigenvalue weighted by Gasteiger charge is -2.35. The molecule has 29 heavy (non-hydrogen) atoms. The molecular formula is C24H34N4O. The van der Waals surface area contributed by atoms with Gasteiger partial charge in [-0.1, -0.05) is 43.3 Å². The maximum atomic E-state index is 12.6. The average Bonchev–Trinajstić information content (AvgIpc) is 2.74. The number of benzene rings is 2. The van der Waals surface area contributed by atoms with Gasteiger partial charge >= 0.3 is 6.03 Å². The van der Waals surface area contributed by atoms with Gasteiger partial charge in [-0.25, -0.2) is 4.79 Å². The van der Waals surface area contributed by atoms with E-state index >= 15 is 0 Å². The van der Waals surface area contributed by atoms with Gasteiger partial charge in [-0.2, -0.15) is 0 Å². The molecule has 1 N–H and O–H groups in total. The lowest BCUT2D eigenvalue weighted by molar-refractivity contribution is 0.163. The number of nitrogens with one attached hydrogen (secondary N) is 1. The number of carbonyl (C=O) groups excluding carboxylic acids is 1. The minimum Gasteiger partial charge on any atom is -0.378 e. The lowest BCUT2D eigenvalue weighted by atomic mass is 9.98. The highest BCUT2D eigenvalue weighted by Crippen LogP contribution is 2.21. The van der Waals surface area contributed by atoms with E-state index < -0.39 is 0 Å². The van der Waals surface area contributed by atoms with Crippen LogP contribution in [0, 0.1) is 0 Å². The van der Waals surface area contributed by atoms with Gasteiger partial charge in [-0.05, 0) is 41.7 Å². The number of carbonyl (C=O) groups is 1. The van der Waals surface area contributed by atoms with Crippen LogP contribution in [0.5, 0.6) is 0 Å². The topological polar surface area (TPSA) is 38.8 Å². The van der Waals surface area contributed by atoms with Gasteiger partial charge in [0, 0.05) is 59.1 Å². The number of amides is 2. The van der Waals surface area contributed by atoms with Crippen molar-refractivity contribution in [3.8, 4) is 0 Å². The molecule has 1 aliphatic rings. The van der Waals surface area contributed by atoms with Gasteiger partial charge in [0.15, 0.2) is 0 Å². The molecule has 5 nitrogen and oxygen atoms in total. The number of anilines is 1. The predicted molar refractivity (Wildman–Crippen MR) is 120 cm³/mol. The zero-order valence-corrected chi connectivity index (χ0v) is 18.2. The van der Waals surface area contributed by atoms with Crippen LogP contribution in [0.15, 0.2) is 48.5 Å². The van der Waals surface area contributed by atoms with Crippen LogP contribution in [0.25, 0.3) is 0 Å². The molecule has 0 aromatic heterocycles. The van der Waals surface area contributed by atoms with E-state index in [9.17, 15) is 4.79 Å². The normalized spacial score (nSPS) is 14.8. The van der Waals surface area contributed by atoms with Gasteiger partial charge in [0.05, 0.1) is 0 Å². The molecule has 0 spiro atoms. The Labute approximate surface area is 175 Å². The zero-order valence-electron chi connectivity index (χ0n) is 18.2. The van der Waals surface area contributed by atoms with Crippen LogP contribution in [0.1, 0.15) is 30.0 Å². The van der Waals surface area contributed by atoms with Gasteiger partial charge in [0.2, 0.25) is 0 Å². The van der Waals surface area contributed by atoms with Crippen molar-refractivity contribution in [2.45, 2.75) is 38.9 Å². The van der Waals surface area contributed by atoms with E-state index in [0.717, 1.165) is 37.2 Å². The molecule has 3 rings (SSSR count). The first-order valence-corrected chi connectivity index (χ1v) is 10.5. The second-order valence-electron chi connectivity index (χ2n) is 8.15. The quantitative estimate of drug-likeness (QED) is 0.778. The van der Waals surface area contributed by atoms with E-state index in [4.69, 9.17) is 0 Å². The van der Waals surface area contributed by atoms with Crippen molar-refractivity contribution in [1.82, 2.24) is 15.1 Å². The number of rotatable bonds is 7. The average molecular weight is 395 g/mol. The first kappa shape index (κ1) is 21.2. The van der Waals surface area contributed by atoms with E-state index in [1.165, 1.54) is 11.1 Å². The molecule has 0 radical (unpaired) electrons. The van der Waals surface area contributed by atoms with Gasteiger partial charge < -0.3 is 15.1 Å². The van der Waals surface area contributed by atoms with Crippen LogP contribution in [-0.4, -0.2) is 56.1 Å². The van der Waals surface area contributed by atoms with E-state index in [1.807, 2.05) is 21.1 Å². The molecule has 1 heterocycles. The molecule has 1 aliphatic heterocycles. The minimum absolute atomic E-state index is 0.0162. The number of hydrogen-bond acceptors (Lipinski definition) is 3. The summed E-state index contributed by atoms with van der Waals surface area (Å²) in [6.07, 6.45) is 2.11. The summed E-state index contributed by atoms with van der Waals surface area (Å²) in [5, 5.41) is 3.14. The number of urea groups is 1. The minimum atomic E-state index is -0.0162. The van der Waals surface area contributed by atoms with E-state index in [0.29, 0.717) is 19.1 Å². The third-order valence-corrected chi connectivity index (χ3v) is 5.86. The van der Waals surface area contributed by atoms with Crippen LogP contribution in [0.4, 0.5) is 10.5 Å². The Morgan fingerprint density at radius 3 is 2.41 bits per heavy atom. The van der Waals surface area contributed by atoms with E-state index in [2.05, 4.69) is 70.6 Å². The fraction of sp³-hybridized carbons (Fsp3) is 0.458. The number of nitrogens with zero attached hydrogens (tertiary/aromatic N) is 3. The molecule has 0 saturated carbocycles. The first-order valence-electron chi connectivity index (χ1n) is 10.5. The molecule has 1 atom stereocenters. The van der Waals surface area contributed by atoms with Gasteiger partial charge in [-0.3, -0.25) is 4.90 Å². The summed E-state index contributed by atoms with van der Waals surface area (Å²) < 4.78 is 0. The number of hydrogen-bond donors (Lipinski definition) is 1. The van der Waals surface area contributed by atoms with Crippen LogP contribution in [0.3, 0.4) is 0 Å². The Bertz CT molecular complexity index is 803. The molecule has 156 valence electrons. The number of fused-ring (bicyclic) bond motifs is 1. The van der Waals surface area contributed by atoms with Gasteiger partial charge in [0.1, 0.15) is 0 Å². The summed E-state index contributed by atoms with van der Waals surface area (Å²) in [7, 11) is 5.91. The monoisotopic (exact) mass is 394 g/mol. The Hall–Kier alpha value is -2.53. The van der Waals surface area contributed by atoms with Crippen LogP contribution in [-0.2, 0) is 19.5 Å². The van der Waals surface area contributed by atoms with Crippen molar-refractivity contribution in [3.63, 3.8) is 0 Å². The molecule has 2 aromatic rings. The molecule has 2 amide bonds. The molecule has 5 heteroatoms. The smallest absolute Gasteiger partial charge is 0.317 e. The highest BCUT2D eigenvalue weighted by molar-refractivity contribution is 5.73. The second kappa shape index (κ2) is 9.79. The third-order valence-electron chi connectivity index (χ3n) is 5.86. The first-order chi connectivity index (χ1) is 14.0. The van der Waals surface area contributed by atoms with E-state index in [-0.39, 0.29) is 6.03 Å². The van der Waals surface area contributed by atoms with Crippen LogP contribution < -0.4 is 10.2 Å². The van der Waals surface area contributed by atoms with Crippen molar-refractivity contribution >= 4 is 11.7 Å². The largest absolute Gasteiger partial charge is 0.378 e. The molecule has 0 saturated heterocycles. The van der Waals surface area contributed by atoms with Crippen LogP contribution >= 0.6 is 0 Å². The molecule has 0 unspecified atom stereocenters. The Morgan fingerprint density at radius 1 is 1.07 bits per heavy atom. The van der Waals surface area contributed by atoms with Crippen molar-refractivity contribution in [1.29, 1.82) is 0 Å². The van der Waals surface area contributed by atoms with E-state index in [1.54, 1.807) is 4.90 Å². The van der Waals surface area contributed by atoms with Crippen molar-refractivity contribution < 1.29 is 4.79 Å². The van der Waals surface area contributed by atoms with Crippen molar-refractivity contribution in [3.05, 3.63) is 65.2 Å². The fourth-order valence-electron chi connectivity index (χ4n) is 3.95. The molecule has 0 bridgehead atoms. The summed E-state index contributed by atoms with van der Waals surface area (Å²) >= 11 is 0. The van der Waals surface area contributed by atoms with Gasteiger partial charge in [0.25, 0.3) is 0 Å². The second-order valence-corrected chi connectivity index (χ2v) is 8.15. The van der Waals surface area contributed by atoms with Gasteiger partial charge in [-0.15, -0.1) is 0 Å². The summed E-state index contributed by atoms with van der Waals surface area (Å²) in [4.78, 5) is 18.9. The standard InChI is InChI=1S/C24H34N4O/c1-5-22(28-15-14-20-8-6-7-9-21(20)18-28)16-25-24(29)27(4)17-19-10-12-23(13-11-19)26(2)3/h6-13,22H,5,14-18H2,1-4H3,(H,25,29)/t22-/m0/s1. The summed E-state index contributed by atoms with van der Waals surface area (Å²) in [5.74, 6) is 0. The highest BCUT2D eigenvalue weighted by atomic mass is 16.2. The summed E-state index contributed by atoms with van der Waals surface area (Å²) in [6, 6.07) is 17.4. The summed E-state index contributed by atoms with van der Waals surface area (Å²) in [6.45, 7) is 5.51. The van der Waals surface area contributed by atoms with Crippen LogP contribution in [0.2, 0.25) is 0 Å². The SMILES string of the molecule is CC[C@@H](CNC(=O)N(C)Cc1ccc(N(C)C)cc1)N1CCc2ccccc2C1. The molecule has 0 fully saturated rings. The predicted octanol–water partition coefficient (Wildman–Crippen LogP) is 3.73. The van der Waals surface area contributed by atoms with Crippen molar-refractivity contribution in [2.75, 3.05) is 39.1 Å². The third kappa shape index (κ3) is 5.51.